The molecule has 3 aromatic rings. The number of aromatic nitrogens is 2. The molecule has 2 N–H and O–H groups in total. The molecule has 0 aliphatic heterocycles. The minimum atomic E-state index is -0.167. The minimum absolute atomic E-state index is 0.167. The van der Waals surface area contributed by atoms with Gasteiger partial charge in [0.2, 0.25) is 11.7 Å². The highest BCUT2D eigenvalue weighted by molar-refractivity contribution is 5.99. The SMILES string of the molecule is C=CCNC(=O)c1ccccc1NCc1nc(-c2ccc(C(C)C)cc2)no1. The molecular weight excluding hydrogens is 352 g/mol. The van der Waals surface area contributed by atoms with Gasteiger partial charge in [-0.15, -0.1) is 6.58 Å². The second-order valence-corrected chi connectivity index (χ2v) is 6.69. The quantitative estimate of drug-likeness (QED) is 0.570. The maximum absolute atomic E-state index is 12.2. The summed E-state index contributed by atoms with van der Waals surface area (Å²) in [6.45, 7) is 8.65. The Kier molecular flexibility index (Phi) is 6.22. The van der Waals surface area contributed by atoms with E-state index in [2.05, 4.69) is 53.3 Å². The van der Waals surface area contributed by atoms with Gasteiger partial charge in [-0.1, -0.05) is 61.5 Å². The van der Waals surface area contributed by atoms with Crippen LogP contribution in [0.1, 0.15) is 41.6 Å². The van der Waals surface area contributed by atoms with Gasteiger partial charge in [0.15, 0.2) is 0 Å². The van der Waals surface area contributed by atoms with Crippen molar-refractivity contribution in [2.24, 2.45) is 0 Å². The Morgan fingerprint density at radius 1 is 1.18 bits per heavy atom. The molecule has 2 aromatic carbocycles. The van der Waals surface area contributed by atoms with Gasteiger partial charge < -0.3 is 15.2 Å². The maximum Gasteiger partial charge on any atom is 0.253 e. The third kappa shape index (κ3) is 4.65. The molecular formula is C22H24N4O2. The lowest BCUT2D eigenvalue weighted by atomic mass is 10.0. The van der Waals surface area contributed by atoms with Crippen LogP contribution in [0, 0.1) is 0 Å². The average Bonchev–Trinajstić information content (AvgIpc) is 3.20. The second-order valence-electron chi connectivity index (χ2n) is 6.69. The highest BCUT2D eigenvalue weighted by atomic mass is 16.5. The third-order valence-electron chi connectivity index (χ3n) is 4.31. The summed E-state index contributed by atoms with van der Waals surface area (Å²) in [7, 11) is 0. The molecule has 6 heteroatoms. The van der Waals surface area contributed by atoms with E-state index in [4.69, 9.17) is 4.52 Å². The van der Waals surface area contributed by atoms with Crippen LogP contribution in [0.4, 0.5) is 5.69 Å². The Bertz CT molecular complexity index is 945. The number of carbonyl (C=O) groups is 1. The summed E-state index contributed by atoms with van der Waals surface area (Å²) < 4.78 is 5.35. The Morgan fingerprint density at radius 3 is 2.64 bits per heavy atom. The molecule has 28 heavy (non-hydrogen) atoms. The minimum Gasteiger partial charge on any atom is -0.375 e. The first-order chi connectivity index (χ1) is 13.6. The standard InChI is InChI=1S/C22H24N4O2/c1-4-13-23-22(27)18-7-5-6-8-19(18)24-14-20-25-21(26-28-20)17-11-9-16(10-12-17)15(2)3/h4-12,15,24H,1,13-14H2,2-3H3,(H,23,27). The predicted octanol–water partition coefficient (Wildman–Crippen LogP) is 4.39. The molecule has 0 atom stereocenters. The Labute approximate surface area is 164 Å². The number of nitrogens with one attached hydrogen (secondary N) is 2. The van der Waals surface area contributed by atoms with Crippen molar-refractivity contribution in [3.63, 3.8) is 0 Å². The van der Waals surface area contributed by atoms with Crippen LogP contribution in [0.3, 0.4) is 0 Å². The van der Waals surface area contributed by atoms with Crippen molar-refractivity contribution >= 4 is 11.6 Å². The van der Waals surface area contributed by atoms with Crippen molar-refractivity contribution in [1.29, 1.82) is 0 Å². The van der Waals surface area contributed by atoms with Crippen molar-refractivity contribution in [3.8, 4) is 11.4 Å². The van der Waals surface area contributed by atoms with E-state index >= 15 is 0 Å². The largest absolute Gasteiger partial charge is 0.375 e. The summed E-state index contributed by atoms with van der Waals surface area (Å²) in [5, 5.41) is 10.0. The molecule has 0 unspecified atom stereocenters. The summed E-state index contributed by atoms with van der Waals surface area (Å²) >= 11 is 0. The van der Waals surface area contributed by atoms with Crippen LogP contribution < -0.4 is 10.6 Å². The number of nitrogens with zero attached hydrogens (tertiary/aromatic N) is 2. The molecule has 0 saturated carbocycles. The van der Waals surface area contributed by atoms with E-state index in [1.54, 1.807) is 12.1 Å². The van der Waals surface area contributed by atoms with Crippen LogP contribution in [0.5, 0.6) is 0 Å². The molecule has 0 radical (unpaired) electrons. The van der Waals surface area contributed by atoms with Crippen LogP contribution in [0.15, 0.2) is 65.7 Å². The zero-order valence-corrected chi connectivity index (χ0v) is 16.1. The number of amides is 1. The number of hydrogen-bond donors (Lipinski definition) is 2. The van der Waals surface area contributed by atoms with Gasteiger partial charge in [-0.3, -0.25) is 4.79 Å². The molecule has 0 saturated heterocycles. The highest BCUT2D eigenvalue weighted by Crippen LogP contribution is 2.21. The summed E-state index contributed by atoms with van der Waals surface area (Å²) in [5.74, 6) is 1.30. The fourth-order valence-electron chi connectivity index (χ4n) is 2.73. The molecule has 1 amide bonds. The Morgan fingerprint density at radius 2 is 1.93 bits per heavy atom. The summed E-state index contributed by atoms with van der Waals surface area (Å²) in [6, 6.07) is 15.4. The first-order valence-electron chi connectivity index (χ1n) is 9.23. The Balaban J connectivity index is 1.68. The highest BCUT2D eigenvalue weighted by Gasteiger charge is 2.12. The van der Waals surface area contributed by atoms with Gasteiger partial charge in [0, 0.05) is 17.8 Å². The zero-order valence-electron chi connectivity index (χ0n) is 16.1. The smallest absolute Gasteiger partial charge is 0.253 e. The molecule has 0 aliphatic rings. The van der Waals surface area contributed by atoms with E-state index < -0.39 is 0 Å². The molecule has 144 valence electrons. The van der Waals surface area contributed by atoms with Crippen LogP contribution in [0.2, 0.25) is 0 Å². The third-order valence-corrected chi connectivity index (χ3v) is 4.31. The number of hydrogen-bond acceptors (Lipinski definition) is 5. The fourth-order valence-corrected chi connectivity index (χ4v) is 2.73. The van der Waals surface area contributed by atoms with E-state index in [-0.39, 0.29) is 5.91 Å². The number of benzene rings is 2. The summed E-state index contributed by atoms with van der Waals surface area (Å²) in [5.41, 5.74) is 3.42. The lowest BCUT2D eigenvalue weighted by molar-refractivity contribution is 0.0958. The normalized spacial score (nSPS) is 10.7. The van der Waals surface area contributed by atoms with Gasteiger partial charge >= 0.3 is 0 Å². The number of anilines is 1. The summed E-state index contributed by atoms with van der Waals surface area (Å²) in [4.78, 5) is 16.7. The molecule has 0 bridgehead atoms. The van der Waals surface area contributed by atoms with Crippen molar-refractivity contribution in [2.75, 3.05) is 11.9 Å². The van der Waals surface area contributed by atoms with Crippen molar-refractivity contribution in [3.05, 3.63) is 78.2 Å². The number of para-hydroxylation sites is 1. The predicted molar refractivity (Wildman–Crippen MR) is 110 cm³/mol. The monoisotopic (exact) mass is 376 g/mol. The van der Waals surface area contributed by atoms with Gasteiger partial charge in [0.25, 0.3) is 5.91 Å². The van der Waals surface area contributed by atoms with E-state index in [9.17, 15) is 4.79 Å². The first kappa shape index (κ1) is 19.4. The van der Waals surface area contributed by atoms with Gasteiger partial charge in [0.05, 0.1) is 12.1 Å². The molecule has 1 aromatic heterocycles. The number of rotatable bonds is 8. The second kappa shape index (κ2) is 8.99. The van der Waals surface area contributed by atoms with Crippen LogP contribution in [-0.4, -0.2) is 22.6 Å². The Hall–Kier alpha value is -3.41. The molecule has 0 aliphatic carbocycles. The van der Waals surface area contributed by atoms with Gasteiger partial charge in [-0.2, -0.15) is 4.98 Å². The molecule has 1 heterocycles. The number of carbonyl (C=O) groups excluding carboxylic acids is 1. The van der Waals surface area contributed by atoms with Crippen molar-refractivity contribution < 1.29 is 9.32 Å². The van der Waals surface area contributed by atoms with E-state index in [1.165, 1.54) is 5.56 Å². The lowest BCUT2D eigenvalue weighted by Crippen LogP contribution is -2.24. The lowest BCUT2D eigenvalue weighted by Gasteiger charge is -2.10. The van der Waals surface area contributed by atoms with E-state index in [1.807, 2.05) is 30.3 Å². The maximum atomic E-state index is 12.2. The van der Waals surface area contributed by atoms with Crippen LogP contribution in [-0.2, 0) is 6.54 Å². The first-order valence-corrected chi connectivity index (χ1v) is 9.23. The molecule has 6 nitrogen and oxygen atoms in total. The van der Waals surface area contributed by atoms with E-state index in [0.717, 1.165) is 5.56 Å². The van der Waals surface area contributed by atoms with Gasteiger partial charge in [0.1, 0.15) is 0 Å². The fraction of sp³-hybridized carbons (Fsp3) is 0.227. The summed E-state index contributed by atoms with van der Waals surface area (Å²) in [6.07, 6.45) is 1.64. The van der Waals surface area contributed by atoms with Crippen LogP contribution >= 0.6 is 0 Å². The molecule has 0 fully saturated rings. The van der Waals surface area contributed by atoms with Crippen molar-refractivity contribution in [1.82, 2.24) is 15.5 Å². The average molecular weight is 376 g/mol. The molecule has 3 rings (SSSR count). The van der Waals surface area contributed by atoms with Gasteiger partial charge in [-0.25, -0.2) is 0 Å². The van der Waals surface area contributed by atoms with Crippen LogP contribution in [0.25, 0.3) is 11.4 Å². The van der Waals surface area contributed by atoms with Crippen molar-refractivity contribution in [2.45, 2.75) is 26.3 Å². The van der Waals surface area contributed by atoms with Gasteiger partial charge in [-0.05, 0) is 23.6 Å². The molecule has 0 spiro atoms. The zero-order chi connectivity index (χ0) is 19.9. The van der Waals surface area contributed by atoms with E-state index in [0.29, 0.717) is 42.0 Å². The topological polar surface area (TPSA) is 80.0 Å².